The van der Waals surface area contributed by atoms with E-state index in [-0.39, 0.29) is 12.5 Å². The van der Waals surface area contributed by atoms with Crippen LogP contribution < -0.4 is 5.32 Å². The Balaban J connectivity index is 3.57. The van der Waals surface area contributed by atoms with E-state index in [1.807, 2.05) is 6.08 Å². The van der Waals surface area contributed by atoms with Crippen LogP contribution in [0.4, 0.5) is 0 Å². The summed E-state index contributed by atoms with van der Waals surface area (Å²) >= 11 is 0. The molecule has 0 radical (unpaired) electrons. The minimum Gasteiger partial charge on any atom is -0.394 e. The fraction of sp³-hybridized carbons (Fsp3) is 0.827. The second-order valence-corrected chi connectivity index (χ2v) is 16.9. The van der Waals surface area contributed by atoms with Crippen molar-refractivity contribution in [2.75, 3.05) is 6.61 Å². The van der Waals surface area contributed by atoms with Crippen molar-refractivity contribution in [3.05, 3.63) is 48.6 Å². The van der Waals surface area contributed by atoms with Crippen LogP contribution in [0.25, 0.3) is 0 Å². The van der Waals surface area contributed by atoms with Crippen molar-refractivity contribution in [3.63, 3.8) is 0 Å². The van der Waals surface area contributed by atoms with Crippen molar-refractivity contribution < 1.29 is 15.0 Å². The molecule has 0 heterocycles. The van der Waals surface area contributed by atoms with Gasteiger partial charge in [0.2, 0.25) is 5.91 Å². The van der Waals surface area contributed by atoms with Gasteiger partial charge in [-0.3, -0.25) is 4.79 Å². The van der Waals surface area contributed by atoms with Crippen LogP contribution in [0, 0.1) is 0 Å². The highest BCUT2D eigenvalue weighted by Crippen LogP contribution is 2.16. The zero-order chi connectivity index (χ0) is 40.7. The van der Waals surface area contributed by atoms with E-state index >= 15 is 0 Å². The maximum atomic E-state index is 12.4. The van der Waals surface area contributed by atoms with E-state index in [4.69, 9.17) is 0 Å². The Labute approximate surface area is 350 Å². The second-order valence-electron chi connectivity index (χ2n) is 16.9. The SMILES string of the molecule is CCCCCCC/C=C\C/C=C\C/C=C\CCCCCCCCCCC(=O)NC(CO)C(O)/C=C/CCCCCCCCCCCCCCCCCCCCC. The van der Waals surface area contributed by atoms with Crippen LogP contribution in [0.1, 0.15) is 258 Å². The van der Waals surface area contributed by atoms with Gasteiger partial charge in [-0.25, -0.2) is 0 Å². The molecule has 1 amide bonds. The summed E-state index contributed by atoms with van der Waals surface area (Å²) in [6, 6.07) is -0.628. The van der Waals surface area contributed by atoms with Crippen molar-refractivity contribution in [2.24, 2.45) is 0 Å². The minimum atomic E-state index is -0.844. The Morgan fingerprint density at radius 2 is 0.732 bits per heavy atom. The lowest BCUT2D eigenvalue weighted by Crippen LogP contribution is -2.45. The molecule has 0 aromatic carbocycles. The van der Waals surface area contributed by atoms with Gasteiger partial charge in [0.15, 0.2) is 0 Å². The van der Waals surface area contributed by atoms with E-state index in [9.17, 15) is 15.0 Å². The third kappa shape index (κ3) is 43.5. The summed E-state index contributed by atoms with van der Waals surface area (Å²) in [5, 5.41) is 23.1. The molecule has 0 aromatic rings. The van der Waals surface area contributed by atoms with Crippen LogP contribution in [0.15, 0.2) is 48.6 Å². The maximum Gasteiger partial charge on any atom is 0.220 e. The number of amides is 1. The van der Waals surface area contributed by atoms with E-state index in [2.05, 4.69) is 55.6 Å². The van der Waals surface area contributed by atoms with E-state index in [0.717, 1.165) is 38.5 Å². The van der Waals surface area contributed by atoms with Gasteiger partial charge in [-0.15, -0.1) is 0 Å². The average Bonchev–Trinajstić information content (AvgIpc) is 3.20. The average molecular weight is 784 g/mol. The van der Waals surface area contributed by atoms with Gasteiger partial charge in [-0.2, -0.15) is 0 Å². The summed E-state index contributed by atoms with van der Waals surface area (Å²) < 4.78 is 0. The topological polar surface area (TPSA) is 69.6 Å². The van der Waals surface area contributed by atoms with Crippen LogP contribution in [-0.4, -0.2) is 34.9 Å². The van der Waals surface area contributed by atoms with Crippen LogP contribution in [0.3, 0.4) is 0 Å². The smallest absolute Gasteiger partial charge is 0.220 e. The van der Waals surface area contributed by atoms with Gasteiger partial charge >= 0.3 is 0 Å². The lowest BCUT2D eigenvalue weighted by Gasteiger charge is -2.20. The Hall–Kier alpha value is -1.65. The third-order valence-electron chi connectivity index (χ3n) is 11.3. The summed E-state index contributed by atoms with van der Waals surface area (Å²) in [5.41, 5.74) is 0. The molecule has 0 bridgehead atoms. The van der Waals surface area contributed by atoms with E-state index in [0.29, 0.717) is 6.42 Å². The molecule has 56 heavy (non-hydrogen) atoms. The normalized spacial score (nSPS) is 13.3. The van der Waals surface area contributed by atoms with Crippen LogP contribution >= 0.6 is 0 Å². The summed E-state index contributed by atoms with van der Waals surface area (Å²) in [6.45, 7) is 4.31. The number of carbonyl (C=O) groups is 1. The number of hydrogen-bond donors (Lipinski definition) is 3. The third-order valence-corrected chi connectivity index (χ3v) is 11.3. The lowest BCUT2D eigenvalue weighted by molar-refractivity contribution is -0.123. The van der Waals surface area contributed by atoms with Crippen molar-refractivity contribution in [2.45, 2.75) is 270 Å². The molecule has 0 saturated carbocycles. The Kier molecular flexibility index (Phi) is 46.3. The molecule has 0 aliphatic rings. The highest BCUT2D eigenvalue weighted by Gasteiger charge is 2.18. The Morgan fingerprint density at radius 1 is 0.429 bits per heavy atom. The molecule has 0 aliphatic carbocycles. The number of aliphatic hydroxyl groups excluding tert-OH is 2. The maximum absolute atomic E-state index is 12.4. The van der Waals surface area contributed by atoms with Gasteiger partial charge < -0.3 is 15.5 Å². The molecule has 0 fully saturated rings. The molecular weight excluding hydrogens is 687 g/mol. The number of allylic oxidation sites excluding steroid dienone is 7. The zero-order valence-corrected chi connectivity index (χ0v) is 37.7. The number of rotatable bonds is 45. The Bertz CT molecular complexity index is 893. The van der Waals surface area contributed by atoms with E-state index < -0.39 is 12.1 Å². The molecule has 0 spiro atoms. The fourth-order valence-corrected chi connectivity index (χ4v) is 7.48. The highest BCUT2D eigenvalue weighted by molar-refractivity contribution is 5.76. The van der Waals surface area contributed by atoms with Crippen molar-refractivity contribution in [1.82, 2.24) is 5.32 Å². The molecule has 2 atom stereocenters. The van der Waals surface area contributed by atoms with Gasteiger partial charge in [0.05, 0.1) is 18.8 Å². The van der Waals surface area contributed by atoms with Gasteiger partial charge in [0.1, 0.15) is 0 Å². The largest absolute Gasteiger partial charge is 0.394 e. The molecule has 3 N–H and O–H groups in total. The number of carbonyl (C=O) groups excluding carboxylic acids is 1. The number of hydrogen-bond acceptors (Lipinski definition) is 3. The molecule has 4 heteroatoms. The highest BCUT2D eigenvalue weighted by atomic mass is 16.3. The van der Waals surface area contributed by atoms with Gasteiger partial charge in [0.25, 0.3) is 0 Å². The van der Waals surface area contributed by atoms with Crippen molar-refractivity contribution >= 4 is 5.91 Å². The van der Waals surface area contributed by atoms with Gasteiger partial charge in [0, 0.05) is 6.42 Å². The first-order valence-electron chi connectivity index (χ1n) is 24.9. The zero-order valence-electron chi connectivity index (χ0n) is 37.7. The van der Waals surface area contributed by atoms with Crippen LogP contribution in [0.2, 0.25) is 0 Å². The number of aliphatic hydroxyl groups is 2. The van der Waals surface area contributed by atoms with Crippen LogP contribution in [0.5, 0.6) is 0 Å². The fourth-order valence-electron chi connectivity index (χ4n) is 7.48. The molecule has 0 saturated heterocycles. The first kappa shape index (κ1) is 54.3. The summed E-state index contributed by atoms with van der Waals surface area (Å²) in [4.78, 5) is 12.4. The lowest BCUT2D eigenvalue weighted by atomic mass is 10.0. The van der Waals surface area contributed by atoms with E-state index in [1.165, 1.54) is 199 Å². The minimum absolute atomic E-state index is 0.0702. The quantitative estimate of drug-likeness (QED) is 0.0425. The summed E-state index contributed by atoms with van der Waals surface area (Å²) in [7, 11) is 0. The number of nitrogens with one attached hydrogen (secondary N) is 1. The second kappa shape index (κ2) is 47.7. The molecule has 328 valence electrons. The number of unbranched alkanes of at least 4 members (excludes halogenated alkanes) is 32. The molecule has 0 aliphatic heterocycles. The predicted octanol–water partition coefficient (Wildman–Crippen LogP) is 15.9. The van der Waals surface area contributed by atoms with Gasteiger partial charge in [-0.1, -0.05) is 242 Å². The monoisotopic (exact) mass is 784 g/mol. The summed E-state index contributed by atoms with van der Waals surface area (Å²) in [6.07, 6.45) is 65.2. The van der Waals surface area contributed by atoms with Gasteiger partial charge in [-0.05, 0) is 57.8 Å². The molecule has 0 rings (SSSR count). The van der Waals surface area contributed by atoms with Crippen molar-refractivity contribution in [3.8, 4) is 0 Å². The molecule has 4 nitrogen and oxygen atoms in total. The molecule has 2 unspecified atom stereocenters. The van der Waals surface area contributed by atoms with Crippen molar-refractivity contribution in [1.29, 1.82) is 0 Å². The molecular formula is C52H97NO3. The van der Waals surface area contributed by atoms with Crippen LogP contribution in [-0.2, 0) is 4.79 Å². The first-order valence-corrected chi connectivity index (χ1v) is 24.9. The Morgan fingerprint density at radius 3 is 1.09 bits per heavy atom. The first-order chi connectivity index (χ1) is 27.7. The molecule has 0 aromatic heterocycles. The standard InChI is InChI=1S/C52H97NO3/c1-3-5-7-9-11-13-15-17-19-21-23-25-26-28-30-32-34-36-38-40-42-44-46-48-52(56)53-50(49-54)51(55)47-45-43-41-39-37-35-33-31-29-27-24-22-20-18-16-14-12-10-8-6-4-2/h15,17,21,23,26,28,45,47,50-51,54-55H,3-14,16,18-20,22,24-25,27,29-44,46,48-49H2,1-2H3,(H,53,56)/b17-15-,23-21-,28-26-,47-45+. The summed E-state index contributed by atoms with van der Waals surface area (Å²) in [5.74, 6) is -0.0702. The predicted molar refractivity (Wildman–Crippen MR) is 248 cm³/mol. The van der Waals surface area contributed by atoms with E-state index in [1.54, 1.807) is 6.08 Å².